The molecule has 136 valence electrons. The first kappa shape index (κ1) is 17.9. The zero-order chi connectivity index (χ0) is 18.3. The number of hydrogen-bond donors (Lipinski definition) is 2. The van der Waals surface area contributed by atoms with Crippen LogP contribution in [0, 0.1) is 8.34 Å². The number of fused-ring (bicyclic) bond motifs is 2. The molecule has 3 N–H and O–H groups in total. The summed E-state index contributed by atoms with van der Waals surface area (Å²) in [5.41, 5.74) is 9.52. The third-order valence-electron chi connectivity index (χ3n) is 4.13. The molecule has 9 nitrogen and oxygen atoms in total. The van der Waals surface area contributed by atoms with Crippen molar-refractivity contribution in [1.29, 1.82) is 0 Å². The summed E-state index contributed by atoms with van der Waals surface area (Å²) < 4.78 is 16.4. The first-order valence-electron chi connectivity index (χ1n) is 7.72. The van der Waals surface area contributed by atoms with E-state index in [4.69, 9.17) is 39.6 Å². The van der Waals surface area contributed by atoms with E-state index in [1.807, 2.05) is 24.3 Å². The average molecular weight is 503 g/mol. The molecule has 2 saturated heterocycles. The lowest BCUT2D eigenvalue weighted by molar-refractivity contribution is -0.0324. The van der Waals surface area contributed by atoms with E-state index < -0.39 is 6.29 Å². The molecule has 2 bridgehead atoms. The standard InChI is InChI=1S/C14H14IN7O2S2/c15-7-1-3-8(4-2-7)21-14(26)22(20-19-21)10-5-9(17-18-13(16)25)12-23-6-11(10)24-12/h1-4,10-12H,5-6H2,(H3,16,18,25)/b17-9-/t10-,11+,12+/m0/s1. The lowest BCUT2D eigenvalue weighted by Gasteiger charge is -2.27. The molecule has 0 spiro atoms. The number of benzene rings is 1. The van der Waals surface area contributed by atoms with E-state index in [0.717, 1.165) is 9.26 Å². The number of hydrazone groups is 1. The maximum absolute atomic E-state index is 5.87. The predicted octanol–water partition coefficient (Wildman–Crippen LogP) is 1.28. The predicted molar refractivity (Wildman–Crippen MR) is 109 cm³/mol. The minimum absolute atomic E-state index is 0.0791. The van der Waals surface area contributed by atoms with E-state index in [2.05, 4.69) is 43.5 Å². The topological polar surface area (TPSA) is 105 Å². The summed E-state index contributed by atoms with van der Waals surface area (Å²) in [4.78, 5) is 0. The van der Waals surface area contributed by atoms with Gasteiger partial charge in [0.05, 0.1) is 24.0 Å². The molecule has 1 aromatic carbocycles. The van der Waals surface area contributed by atoms with Crippen LogP contribution in [0.2, 0.25) is 0 Å². The summed E-state index contributed by atoms with van der Waals surface area (Å²) in [6.45, 7) is 0.430. The van der Waals surface area contributed by atoms with Crippen molar-refractivity contribution in [2.75, 3.05) is 6.61 Å². The Morgan fingerprint density at radius 1 is 1.35 bits per heavy atom. The number of halogens is 1. The molecule has 2 aliphatic heterocycles. The van der Waals surface area contributed by atoms with Crippen LogP contribution in [0.4, 0.5) is 0 Å². The van der Waals surface area contributed by atoms with E-state index in [0.29, 0.717) is 23.5 Å². The van der Waals surface area contributed by atoms with E-state index in [9.17, 15) is 0 Å². The average Bonchev–Trinajstić information content (AvgIpc) is 3.20. The van der Waals surface area contributed by atoms with Crippen molar-refractivity contribution >= 4 is 57.9 Å². The van der Waals surface area contributed by atoms with Crippen LogP contribution in [0.3, 0.4) is 0 Å². The molecular formula is C14H14IN7O2S2. The lowest BCUT2D eigenvalue weighted by atomic mass is 10.0. The lowest BCUT2D eigenvalue weighted by Crippen LogP contribution is -2.39. The van der Waals surface area contributed by atoms with Gasteiger partial charge in [-0.05, 0) is 81.7 Å². The maximum Gasteiger partial charge on any atom is 0.221 e. The molecule has 2 aliphatic rings. The number of thiocarbonyl (C=S) groups is 1. The monoisotopic (exact) mass is 503 g/mol. The van der Waals surface area contributed by atoms with Crippen molar-refractivity contribution in [3.8, 4) is 5.69 Å². The van der Waals surface area contributed by atoms with Crippen molar-refractivity contribution in [1.82, 2.24) is 25.2 Å². The van der Waals surface area contributed by atoms with Gasteiger partial charge in [-0.2, -0.15) is 9.78 Å². The van der Waals surface area contributed by atoms with E-state index in [-0.39, 0.29) is 17.3 Å². The molecule has 4 rings (SSSR count). The smallest absolute Gasteiger partial charge is 0.221 e. The Kier molecular flexibility index (Phi) is 5.00. The van der Waals surface area contributed by atoms with Crippen LogP contribution in [0.25, 0.3) is 5.69 Å². The van der Waals surface area contributed by atoms with Gasteiger partial charge in [0.2, 0.25) is 4.77 Å². The van der Waals surface area contributed by atoms with Crippen molar-refractivity contribution in [3.63, 3.8) is 0 Å². The maximum atomic E-state index is 5.87. The Bertz CT molecular complexity index is 926. The van der Waals surface area contributed by atoms with Gasteiger partial charge in [0.25, 0.3) is 0 Å². The van der Waals surface area contributed by atoms with Crippen LogP contribution in [0.1, 0.15) is 12.5 Å². The Morgan fingerprint density at radius 2 is 2.12 bits per heavy atom. The van der Waals surface area contributed by atoms with Gasteiger partial charge >= 0.3 is 0 Å². The van der Waals surface area contributed by atoms with Gasteiger partial charge in [0.15, 0.2) is 11.4 Å². The fraction of sp³-hybridized carbons (Fsp3) is 0.357. The van der Waals surface area contributed by atoms with E-state index in [1.54, 1.807) is 9.36 Å². The van der Waals surface area contributed by atoms with Crippen molar-refractivity contribution < 1.29 is 9.47 Å². The number of nitrogens with one attached hydrogen (secondary N) is 1. The molecule has 2 aromatic rings. The van der Waals surface area contributed by atoms with Crippen LogP contribution in [0.5, 0.6) is 0 Å². The Morgan fingerprint density at radius 3 is 2.85 bits per heavy atom. The number of rotatable bonds is 3. The summed E-state index contributed by atoms with van der Waals surface area (Å²) >= 11 is 12.6. The second-order valence-corrected chi connectivity index (χ2v) is 7.84. The Labute approximate surface area is 172 Å². The summed E-state index contributed by atoms with van der Waals surface area (Å²) in [5, 5.41) is 12.7. The highest BCUT2D eigenvalue weighted by Gasteiger charge is 2.44. The number of tetrazole rings is 1. The van der Waals surface area contributed by atoms with Crippen molar-refractivity contribution in [2.24, 2.45) is 10.8 Å². The fourth-order valence-electron chi connectivity index (χ4n) is 2.92. The van der Waals surface area contributed by atoms with Crippen LogP contribution < -0.4 is 11.2 Å². The molecule has 0 radical (unpaired) electrons. The summed E-state index contributed by atoms with van der Waals surface area (Å²) in [6, 6.07) is 7.69. The number of nitrogens with zero attached hydrogens (tertiary/aromatic N) is 5. The summed E-state index contributed by atoms with van der Waals surface area (Å²) in [5.74, 6) is 0. The van der Waals surface area contributed by atoms with E-state index in [1.165, 1.54) is 0 Å². The second kappa shape index (κ2) is 7.26. The van der Waals surface area contributed by atoms with Crippen LogP contribution in [-0.4, -0.2) is 49.6 Å². The third kappa shape index (κ3) is 3.38. The first-order chi connectivity index (χ1) is 12.5. The van der Waals surface area contributed by atoms with Gasteiger partial charge in [0, 0.05) is 9.99 Å². The van der Waals surface area contributed by atoms with Gasteiger partial charge < -0.3 is 15.2 Å². The van der Waals surface area contributed by atoms with Gasteiger partial charge in [-0.1, -0.05) is 0 Å². The first-order valence-corrected chi connectivity index (χ1v) is 9.62. The molecule has 1 aromatic heterocycles. The SMILES string of the molecule is NC(=S)N/N=C1/C[C@H](n2nnn(-c3ccc(I)cc3)c2=S)[C@H]2CO[C@@H]1O2. The molecule has 0 saturated carbocycles. The van der Waals surface area contributed by atoms with Gasteiger partial charge in [-0.25, -0.2) is 4.68 Å². The normalized spacial score (nSPS) is 26.2. The van der Waals surface area contributed by atoms with Crippen LogP contribution >= 0.6 is 47.0 Å². The number of ether oxygens (including phenoxy) is 2. The zero-order valence-corrected chi connectivity index (χ0v) is 17.1. The summed E-state index contributed by atoms with van der Waals surface area (Å²) in [7, 11) is 0. The summed E-state index contributed by atoms with van der Waals surface area (Å²) in [6.07, 6.45) is -0.124. The Balaban J connectivity index is 1.65. The fourth-order valence-corrected chi connectivity index (χ4v) is 3.64. The Hall–Kier alpha value is -1.48. The molecule has 3 atom stereocenters. The minimum Gasteiger partial charge on any atom is -0.375 e. The van der Waals surface area contributed by atoms with Gasteiger partial charge in [0.1, 0.15) is 6.10 Å². The zero-order valence-electron chi connectivity index (χ0n) is 13.3. The van der Waals surface area contributed by atoms with Crippen molar-refractivity contribution in [3.05, 3.63) is 32.6 Å². The van der Waals surface area contributed by atoms with Gasteiger partial charge in [-0.3, -0.25) is 5.43 Å². The molecular weight excluding hydrogens is 489 g/mol. The highest BCUT2D eigenvalue weighted by Crippen LogP contribution is 2.33. The van der Waals surface area contributed by atoms with Crippen LogP contribution in [0.15, 0.2) is 29.4 Å². The molecule has 2 fully saturated rings. The number of hydrogen-bond acceptors (Lipinski definition) is 7. The largest absolute Gasteiger partial charge is 0.375 e. The third-order valence-corrected chi connectivity index (χ3v) is 5.30. The minimum atomic E-state index is -0.501. The molecule has 3 heterocycles. The van der Waals surface area contributed by atoms with E-state index >= 15 is 0 Å². The molecule has 0 amide bonds. The highest BCUT2D eigenvalue weighted by atomic mass is 127. The quantitative estimate of drug-likeness (QED) is 0.367. The highest BCUT2D eigenvalue weighted by molar-refractivity contribution is 14.1. The van der Waals surface area contributed by atoms with Gasteiger partial charge in [-0.15, -0.1) is 0 Å². The number of nitrogens with two attached hydrogens (primary N) is 1. The molecule has 26 heavy (non-hydrogen) atoms. The van der Waals surface area contributed by atoms with Crippen molar-refractivity contribution in [2.45, 2.75) is 24.9 Å². The second-order valence-electron chi connectivity index (χ2n) is 5.78. The molecule has 0 aliphatic carbocycles. The number of aromatic nitrogens is 4. The molecule has 0 unspecified atom stereocenters. The van der Waals surface area contributed by atoms with Crippen LogP contribution in [-0.2, 0) is 9.47 Å². The molecule has 12 heteroatoms.